The first-order chi connectivity index (χ1) is 4.68. The van der Waals surface area contributed by atoms with Gasteiger partial charge in [0.15, 0.2) is 0 Å². The SMILES string of the molecule is CCCCC(C)(CC)CO. The molecule has 10 heavy (non-hydrogen) atoms. The van der Waals surface area contributed by atoms with Gasteiger partial charge in [0.1, 0.15) is 0 Å². The van der Waals surface area contributed by atoms with Gasteiger partial charge in [0.2, 0.25) is 0 Å². The molecule has 0 aliphatic rings. The van der Waals surface area contributed by atoms with Crippen LogP contribution < -0.4 is 0 Å². The first-order valence-electron chi connectivity index (χ1n) is 4.29. The van der Waals surface area contributed by atoms with E-state index in [1.807, 2.05) is 0 Å². The van der Waals surface area contributed by atoms with Crippen molar-refractivity contribution < 1.29 is 5.11 Å². The summed E-state index contributed by atoms with van der Waals surface area (Å²) in [7, 11) is 0. The fourth-order valence-corrected chi connectivity index (χ4v) is 0.971. The van der Waals surface area contributed by atoms with Gasteiger partial charge in [-0.3, -0.25) is 0 Å². The molecule has 1 nitrogen and oxygen atoms in total. The van der Waals surface area contributed by atoms with E-state index >= 15 is 0 Å². The van der Waals surface area contributed by atoms with Crippen molar-refractivity contribution >= 4 is 0 Å². The molecule has 0 aromatic heterocycles. The molecule has 0 aliphatic carbocycles. The van der Waals surface area contributed by atoms with Crippen LogP contribution in [0.3, 0.4) is 0 Å². The number of hydrogen-bond donors (Lipinski definition) is 1. The van der Waals surface area contributed by atoms with Gasteiger partial charge in [-0.1, -0.05) is 33.6 Å². The van der Waals surface area contributed by atoms with E-state index in [4.69, 9.17) is 5.11 Å². The monoisotopic (exact) mass is 144 g/mol. The summed E-state index contributed by atoms with van der Waals surface area (Å²) >= 11 is 0. The van der Waals surface area contributed by atoms with Crippen LogP contribution >= 0.6 is 0 Å². The van der Waals surface area contributed by atoms with E-state index < -0.39 is 0 Å². The topological polar surface area (TPSA) is 20.2 Å². The summed E-state index contributed by atoms with van der Waals surface area (Å²) in [5.74, 6) is 0. The average molecular weight is 144 g/mol. The summed E-state index contributed by atoms with van der Waals surface area (Å²) in [6.07, 6.45) is 4.72. The molecular weight excluding hydrogens is 124 g/mol. The molecule has 0 fully saturated rings. The molecule has 0 aliphatic heterocycles. The van der Waals surface area contributed by atoms with Crippen molar-refractivity contribution in [1.29, 1.82) is 0 Å². The number of aliphatic hydroxyl groups is 1. The number of hydrogen-bond acceptors (Lipinski definition) is 1. The van der Waals surface area contributed by atoms with E-state index in [0.717, 1.165) is 12.8 Å². The van der Waals surface area contributed by atoms with Crippen LogP contribution in [0, 0.1) is 5.41 Å². The van der Waals surface area contributed by atoms with Crippen LogP contribution in [0.2, 0.25) is 0 Å². The molecular formula is C9H20O. The molecule has 0 aromatic rings. The smallest absolute Gasteiger partial charge is 0.0484 e. The largest absolute Gasteiger partial charge is 0.396 e. The van der Waals surface area contributed by atoms with Crippen molar-refractivity contribution in [2.75, 3.05) is 6.61 Å². The van der Waals surface area contributed by atoms with Crippen molar-refractivity contribution in [1.82, 2.24) is 0 Å². The molecule has 0 saturated carbocycles. The Bertz CT molecular complexity index is 74.8. The minimum Gasteiger partial charge on any atom is -0.396 e. The average Bonchev–Trinajstić information content (AvgIpc) is 2.00. The molecule has 1 unspecified atom stereocenters. The third kappa shape index (κ3) is 3.21. The molecule has 62 valence electrons. The molecule has 1 N–H and O–H groups in total. The number of aliphatic hydroxyl groups excluding tert-OH is 1. The van der Waals surface area contributed by atoms with Crippen molar-refractivity contribution in [3.63, 3.8) is 0 Å². The third-order valence-corrected chi connectivity index (χ3v) is 2.37. The quantitative estimate of drug-likeness (QED) is 0.628. The Hall–Kier alpha value is -0.0400. The zero-order valence-electron chi connectivity index (χ0n) is 7.48. The summed E-state index contributed by atoms with van der Waals surface area (Å²) in [6, 6.07) is 0. The van der Waals surface area contributed by atoms with Crippen LogP contribution in [0.25, 0.3) is 0 Å². The minimum absolute atomic E-state index is 0.190. The lowest BCUT2D eigenvalue weighted by Gasteiger charge is -2.24. The Morgan fingerprint density at radius 3 is 2.20 bits per heavy atom. The predicted molar refractivity (Wildman–Crippen MR) is 45.0 cm³/mol. The molecule has 0 aromatic carbocycles. The highest BCUT2D eigenvalue weighted by Crippen LogP contribution is 2.26. The second-order valence-electron chi connectivity index (χ2n) is 3.43. The Morgan fingerprint density at radius 2 is 1.90 bits per heavy atom. The van der Waals surface area contributed by atoms with Gasteiger partial charge >= 0.3 is 0 Å². The molecule has 0 heterocycles. The van der Waals surface area contributed by atoms with Crippen LogP contribution in [-0.4, -0.2) is 11.7 Å². The highest BCUT2D eigenvalue weighted by Gasteiger charge is 2.19. The first-order valence-corrected chi connectivity index (χ1v) is 4.29. The van der Waals surface area contributed by atoms with Crippen LogP contribution in [0.4, 0.5) is 0 Å². The van der Waals surface area contributed by atoms with Gasteiger partial charge in [0.05, 0.1) is 0 Å². The van der Waals surface area contributed by atoms with Crippen LogP contribution in [0.1, 0.15) is 46.5 Å². The molecule has 1 heteroatoms. The Kier molecular flexibility index (Phi) is 4.71. The molecule has 0 bridgehead atoms. The summed E-state index contributed by atoms with van der Waals surface area (Å²) in [5.41, 5.74) is 0.190. The number of rotatable bonds is 5. The van der Waals surface area contributed by atoms with Gasteiger partial charge in [-0.05, 0) is 18.3 Å². The van der Waals surface area contributed by atoms with Gasteiger partial charge in [0.25, 0.3) is 0 Å². The lowest BCUT2D eigenvalue weighted by molar-refractivity contribution is 0.125. The third-order valence-electron chi connectivity index (χ3n) is 2.37. The van der Waals surface area contributed by atoms with E-state index in [9.17, 15) is 0 Å². The van der Waals surface area contributed by atoms with Crippen LogP contribution in [0.5, 0.6) is 0 Å². The molecule has 0 radical (unpaired) electrons. The van der Waals surface area contributed by atoms with Crippen molar-refractivity contribution in [3.05, 3.63) is 0 Å². The first kappa shape index (κ1) is 9.96. The zero-order chi connectivity index (χ0) is 8.04. The highest BCUT2D eigenvalue weighted by molar-refractivity contribution is 4.70. The van der Waals surface area contributed by atoms with Crippen molar-refractivity contribution in [2.24, 2.45) is 5.41 Å². The van der Waals surface area contributed by atoms with E-state index in [0.29, 0.717) is 6.61 Å². The fourth-order valence-electron chi connectivity index (χ4n) is 0.971. The fraction of sp³-hybridized carbons (Fsp3) is 1.00. The molecule has 0 rings (SSSR count). The van der Waals surface area contributed by atoms with Crippen molar-refractivity contribution in [2.45, 2.75) is 46.5 Å². The van der Waals surface area contributed by atoms with E-state index in [2.05, 4.69) is 20.8 Å². The summed E-state index contributed by atoms with van der Waals surface area (Å²) in [5, 5.41) is 9.01. The lowest BCUT2D eigenvalue weighted by Crippen LogP contribution is -2.19. The maximum Gasteiger partial charge on any atom is 0.0484 e. The van der Waals surface area contributed by atoms with E-state index in [1.54, 1.807) is 0 Å². The minimum atomic E-state index is 0.190. The lowest BCUT2D eigenvalue weighted by atomic mass is 9.83. The standard InChI is InChI=1S/C9H20O/c1-4-6-7-9(3,5-2)8-10/h10H,4-8H2,1-3H3. The normalized spacial score (nSPS) is 16.8. The Morgan fingerprint density at radius 1 is 1.30 bits per heavy atom. The second-order valence-corrected chi connectivity index (χ2v) is 3.43. The van der Waals surface area contributed by atoms with E-state index in [-0.39, 0.29) is 5.41 Å². The van der Waals surface area contributed by atoms with Crippen LogP contribution in [0.15, 0.2) is 0 Å². The van der Waals surface area contributed by atoms with Gasteiger partial charge in [-0.25, -0.2) is 0 Å². The highest BCUT2D eigenvalue weighted by atomic mass is 16.3. The summed E-state index contributed by atoms with van der Waals surface area (Å²) in [6.45, 7) is 6.82. The molecule has 0 saturated heterocycles. The summed E-state index contributed by atoms with van der Waals surface area (Å²) in [4.78, 5) is 0. The summed E-state index contributed by atoms with van der Waals surface area (Å²) < 4.78 is 0. The zero-order valence-corrected chi connectivity index (χ0v) is 7.48. The molecule has 0 amide bonds. The van der Waals surface area contributed by atoms with Crippen LogP contribution in [-0.2, 0) is 0 Å². The number of unbranched alkanes of at least 4 members (excludes halogenated alkanes) is 1. The Labute approximate surface area is 64.5 Å². The van der Waals surface area contributed by atoms with Crippen molar-refractivity contribution in [3.8, 4) is 0 Å². The molecule has 1 atom stereocenters. The van der Waals surface area contributed by atoms with E-state index in [1.165, 1.54) is 12.8 Å². The van der Waals surface area contributed by atoms with Gasteiger partial charge < -0.3 is 5.11 Å². The van der Waals surface area contributed by atoms with Gasteiger partial charge in [-0.2, -0.15) is 0 Å². The predicted octanol–water partition coefficient (Wildman–Crippen LogP) is 2.59. The molecule has 0 spiro atoms. The second kappa shape index (κ2) is 4.73. The van der Waals surface area contributed by atoms with Gasteiger partial charge in [0, 0.05) is 6.61 Å². The maximum atomic E-state index is 9.01. The maximum absolute atomic E-state index is 9.01. The Balaban J connectivity index is 3.58. The van der Waals surface area contributed by atoms with Gasteiger partial charge in [-0.15, -0.1) is 0 Å².